The van der Waals surface area contributed by atoms with Crippen LogP contribution in [0.2, 0.25) is 5.02 Å². The van der Waals surface area contributed by atoms with Gasteiger partial charge in [0.1, 0.15) is 5.82 Å². The molecule has 1 aliphatic heterocycles. The van der Waals surface area contributed by atoms with Crippen molar-refractivity contribution in [3.63, 3.8) is 0 Å². The number of aromatic nitrogens is 2. The van der Waals surface area contributed by atoms with E-state index in [2.05, 4.69) is 4.98 Å². The zero-order chi connectivity index (χ0) is 17.0. The van der Waals surface area contributed by atoms with E-state index in [1.165, 1.54) is 6.07 Å². The number of aryl methyl sites for hydroxylation is 1. The molecule has 7 heteroatoms. The molecular weight excluding hydrogens is 330 g/mol. The summed E-state index contributed by atoms with van der Waals surface area (Å²) in [4.78, 5) is 42.3. The Morgan fingerprint density at radius 1 is 0.958 bits per heavy atom. The van der Waals surface area contributed by atoms with Crippen molar-refractivity contribution in [2.24, 2.45) is 0 Å². The van der Waals surface area contributed by atoms with Crippen molar-refractivity contribution < 1.29 is 9.59 Å². The van der Waals surface area contributed by atoms with Gasteiger partial charge in [-0.2, -0.15) is 9.69 Å². The van der Waals surface area contributed by atoms with Gasteiger partial charge in [-0.15, -0.1) is 0 Å². The van der Waals surface area contributed by atoms with E-state index in [9.17, 15) is 14.4 Å². The number of carbonyl (C=O) groups excluding carboxylic acids is 2. The number of benzene rings is 2. The Morgan fingerprint density at radius 2 is 1.58 bits per heavy atom. The Kier molecular flexibility index (Phi) is 3.04. The van der Waals surface area contributed by atoms with Gasteiger partial charge in [0.25, 0.3) is 17.4 Å². The van der Waals surface area contributed by atoms with Gasteiger partial charge in [0, 0.05) is 5.02 Å². The van der Waals surface area contributed by atoms with Crippen LogP contribution in [0.25, 0.3) is 10.9 Å². The lowest BCUT2D eigenvalue weighted by atomic mass is 10.1. The lowest BCUT2D eigenvalue weighted by molar-refractivity contribution is 0.0882. The second kappa shape index (κ2) is 5.01. The van der Waals surface area contributed by atoms with Crippen molar-refractivity contribution in [3.05, 3.63) is 74.8 Å². The monoisotopic (exact) mass is 339 g/mol. The van der Waals surface area contributed by atoms with Crippen LogP contribution in [0.5, 0.6) is 0 Å². The molecule has 0 spiro atoms. The highest BCUT2D eigenvalue weighted by molar-refractivity contribution is 6.31. The van der Waals surface area contributed by atoms with E-state index < -0.39 is 17.4 Å². The molecule has 0 bridgehead atoms. The molecule has 0 atom stereocenters. The molecule has 118 valence electrons. The summed E-state index contributed by atoms with van der Waals surface area (Å²) in [7, 11) is 0. The van der Waals surface area contributed by atoms with Gasteiger partial charge in [0.2, 0.25) is 0 Å². The molecule has 0 aliphatic carbocycles. The SMILES string of the molecule is Cc1nc2cc(Cl)ccc2c(=O)n1N1C(=O)c2ccccc2C1=O. The Morgan fingerprint density at radius 3 is 2.21 bits per heavy atom. The highest BCUT2D eigenvalue weighted by Crippen LogP contribution is 2.22. The van der Waals surface area contributed by atoms with Crippen LogP contribution in [0.4, 0.5) is 0 Å². The van der Waals surface area contributed by atoms with Crippen molar-refractivity contribution in [2.75, 3.05) is 5.01 Å². The van der Waals surface area contributed by atoms with Crippen LogP contribution < -0.4 is 10.6 Å². The molecule has 2 heterocycles. The number of hydrogen-bond donors (Lipinski definition) is 0. The van der Waals surface area contributed by atoms with E-state index in [0.717, 1.165) is 9.69 Å². The first-order valence-electron chi connectivity index (χ1n) is 7.16. The van der Waals surface area contributed by atoms with Crippen molar-refractivity contribution >= 4 is 34.3 Å². The highest BCUT2D eigenvalue weighted by atomic mass is 35.5. The number of carbonyl (C=O) groups is 2. The average molecular weight is 340 g/mol. The van der Waals surface area contributed by atoms with Crippen LogP contribution in [0.1, 0.15) is 26.5 Å². The largest absolute Gasteiger partial charge is 0.281 e. The number of imide groups is 1. The fraction of sp³-hybridized carbons (Fsp3) is 0.0588. The van der Waals surface area contributed by atoms with E-state index >= 15 is 0 Å². The number of fused-ring (bicyclic) bond motifs is 2. The first-order chi connectivity index (χ1) is 11.5. The van der Waals surface area contributed by atoms with E-state index in [4.69, 9.17) is 11.6 Å². The first-order valence-corrected chi connectivity index (χ1v) is 7.54. The molecule has 0 unspecified atom stereocenters. The summed E-state index contributed by atoms with van der Waals surface area (Å²) < 4.78 is 1.01. The van der Waals surface area contributed by atoms with Crippen molar-refractivity contribution in [2.45, 2.75) is 6.92 Å². The van der Waals surface area contributed by atoms with Gasteiger partial charge >= 0.3 is 0 Å². The summed E-state index contributed by atoms with van der Waals surface area (Å²) in [6.07, 6.45) is 0. The summed E-state index contributed by atoms with van der Waals surface area (Å²) in [6.45, 7) is 1.56. The number of rotatable bonds is 1. The Labute approximate surface area is 140 Å². The molecular formula is C17H10ClN3O3. The molecule has 6 nitrogen and oxygen atoms in total. The second-order valence-corrected chi connectivity index (χ2v) is 5.84. The molecule has 1 aromatic heterocycles. The fourth-order valence-corrected chi connectivity index (χ4v) is 3.02. The molecule has 0 saturated carbocycles. The molecule has 2 amide bonds. The van der Waals surface area contributed by atoms with E-state index in [-0.39, 0.29) is 22.3 Å². The van der Waals surface area contributed by atoms with Crippen molar-refractivity contribution in [1.29, 1.82) is 0 Å². The minimum Gasteiger partial charge on any atom is -0.267 e. The zero-order valence-corrected chi connectivity index (χ0v) is 13.2. The van der Waals surface area contributed by atoms with Gasteiger partial charge in [-0.05, 0) is 37.3 Å². The molecule has 0 saturated heterocycles. The average Bonchev–Trinajstić information content (AvgIpc) is 2.80. The lowest BCUT2D eigenvalue weighted by Crippen LogP contribution is -2.47. The van der Waals surface area contributed by atoms with Gasteiger partial charge in [-0.25, -0.2) is 4.98 Å². The normalized spacial score (nSPS) is 13.7. The molecule has 2 aromatic carbocycles. The Bertz CT molecular complexity index is 1070. The molecule has 3 aromatic rings. The Hall–Kier alpha value is -2.99. The van der Waals surface area contributed by atoms with Crippen LogP contribution in [0.15, 0.2) is 47.3 Å². The van der Waals surface area contributed by atoms with Gasteiger partial charge in [-0.3, -0.25) is 14.4 Å². The summed E-state index contributed by atoms with van der Waals surface area (Å²) in [5.74, 6) is -0.865. The van der Waals surface area contributed by atoms with Crippen LogP contribution in [-0.4, -0.2) is 21.5 Å². The summed E-state index contributed by atoms with van der Waals surface area (Å²) in [5.41, 5.74) is 0.455. The van der Waals surface area contributed by atoms with E-state index in [0.29, 0.717) is 10.5 Å². The van der Waals surface area contributed by atoms with Crippen LogP contribution in [-0.2, 0) is 0 Å². The molecule has 0 fully saturated rings. The first kappa shape index (κ1) is 14.6. The van der Waals surface area contributed by atoms with Gasteiger partial charge in [0.15, 0.2) is 0 Å². The quantitative estimate of drug-likeness (QED) is 0.638. The van der Waals surface area contributed by atoms with Gasteiger partial charge in [-0.1, -0.05) is 23.7 Å². The standard InChI is InChI=1S/C17H10ClN3O3/c1-9-19-14-8-10(18)6-7-13(14)17(24)20(9)21-15(22)11-4-2-3-5-12(11)16(21)23/h2-8H,1H3. The predicted molar refractivity (Wildman–Crippen MR) is 89.1 cm³/mol. The highest BCUT2D eigenvalue weighted by Gasteiger charge is 2.38. The van der Waals surface area contributed by atoms with E-state index in [1.807, 2.05) is 0 Å². The lowest BCUT2D eigenvalue weighted by Gasteiger charge is -2.19. The summed E-state index contributed by atoms with van der Waals surface area (Å²) >= 11 is 5.93. The number of amides is 2. The van der Waals surface area contributed by atoms with Crippen LogP contribution in [0, 0.1) is 6.92 Å². The second-order valence-electron chi connectivity index (χ2n) is 5.41. The van der Waals surface area contributed by atoms with Crippen molar-refractivity contribution in [1.82, 2.24) is 9.66 Å². The maximum atomic E-state index is 12.8. The van der Waals surface area contributed by atoms with Crippen LogP contribution in [0.3, 0.4) is 0 Å². The third-order valence-corrected chi connectivity index (χ3v) is 4.18. The van der Waals surface area contributed by atoms with Gasteiger partial charge < -0.3 is 0 Å². The maximum Gasteiger partial charge on any atom is 0.281 e. The minimum atomic E-state index is -0.545. The third-order valence-electron chi connectivity index (χ3n) is 3.94. The number of hydrogen-bond acceptors (Lipinski definition) is 4. The summed E-state index contributed by atoms with van der Waals surface area (Å²) in [5, 5.41) is 1.57. The van der Waals surface area contributed by atoms with Gasteiger partial charge in [0.05, 0.1) is 22.0 Å². The van der Waals surface area contributed by atoms with Crippen LogP contribution >= 0.6 is 11.6 Å². The minimum absolute atomic E-state index is 0.226. The molecule has 0 N–H and O–H groups in total. The molecule has 1 aliphatic rings. The third kappa shape index (κ3) is 1.90. The van der Waals surface area contributed by atoms with E-state index in [1.54, 1.807) is 43.3 Å². The summed E-state index contributed by atoms with van der Waals surface area (Å²) in [6, 6.07) is 11.1. The molecule has 24 heavy (non-hydrogen) atoms. The topological polar surface area (TPSA) is 72.3 Å². The number of nitrogens with zero attached hydrogens (tertiary/aromatic N) is 3. The van der Waals surface area contributed by atoms with Crippen molar-refractivity contribution in [3.8, 4) is 0 Å². The predicted octanol–water partition coefficient (Wildman–Crippen LogP) is 2.29. The molecule has 4 rings (SSSR count). The number of halogens is 1. The fourth-order valence-electron chi connectivity index (χ4n) is 2.85. The smallest absolute Gasteiger partial charge is 0.267 e. The Balaban J connectivity index is 1.99. The zero-order valence-electron chi connectivity index (χ0n) is 12.5. The maximum absolute atomic E-state index is 12.8. The molecule has 0 radical (unpaired) electrons.